The molecule has 0 amide bonds. The largest absolute Gasteiger partial charge is 0.276 e. The van der Waals surface area contributed by atoms with Gasteiger partial charge in [-0.15, -0.1) is 11.6 Å². The van der Waals surface area contributed by atoms with E-state index in [-0.39, 0.29) is 5.38 Å². The predicted octanol–water partition coefficient (Wildman–Crippen LogP) is 2.62. The molecule has 74 valence electrons. The van der Waals surface area contributed by atoms with Crippen LogP contribution in [0, 0.1) is 5.92 Å². The molecule has 2 nitrogen and oxygen atoms in total. The maximum atomic E-state index is 6.15. The van der Waals surface area contributed by atoms with Gasteiger partial charge in [0.2, 0.25) is 0 Å². The summed E-state index contributed by atoms with van der Waals surface area (Å²) in [5.41, 5.74) is 1.27. The second-order valence-corrected chi connectivity index (χ2v) is 4.19. The SMILES string of the molecule is CCC(Cl)C(C)Cc1cnn(C)c1. The van der Waals surface area contributed by atoms with Crippen LogP contribution in [0.15, 0.2) is 12.4 Å². The van der Waals surface area contributed by atoms with Crippen molar-refractivity contribution in [2.45, 2.75) is 32.1 Å². The molecule has 0 saturated heterocycles. The first-order valence-corrected chi connectivity index (χ1v) is 5.18. The van der Waals surface area contributed by atoms with Crippen molar-refractivity contribution in [3.8, 4) is 0 Å². The molecule has 0 spiro atoms. The van der Waals surface area contributed by atoms with Crippen LogP contribution in [-0.4, -0.2) is 15.2 Å². The Labute approximate surface area is 84.9 Å². The molecule has 1 heterocycles. The number of hydrogen-bond donors (Lipinski definition) is 0. The molecule has 0 aliphatic carbocycles. The molecule has 2 atom stereocenters. The topological polar surface area (TPSA) is 17.8 Å². The standard InChI is InChI=1S/C10H17ClN2/c1-4-10(11)8(2)5-9-6-12-13(3)7-9/h6-8,10H,4-5H2,1-3H3. The first kappa shape index (κ1) is 10.6. The molecular weight excluding hydrogens is 184 g/mol. The number of nitrogens with zero attached hydrogens (tertiary/aromatic N) is 2. The third kappa shape index (κ3) is 3.03. The number of hydrogen-bond acceptors (Lipinski definition) is 1. The summed E-state index contributed by atoms with van der Waals surface area (Å²) in [7, 11) is 1.94. The Bertz CT molecular complexity index is 257. The summed E-state index contributed by atoms with van der Waals surface area (Å²) in [4.78, 5) is 0. The fourth-order valence-corrected chi connectivity index (χ4v) is 1.57. The van der Waals surface area contributed by atoms with Crippen molar-refractivity contribution in [3.05, 3.63) is 18.0 Å². The van der Waals surface area contributed by atoms with Gasteiger partial charge in [0, 0.05) is 18.6 Å². The Morgan fingerprint density at radius 3 is 2.77 bits per heavy atom. The average molecular weight is 201 g/mol. The summed E-state index contributed by atoms with van der Waals surface area (Å²) in [5, 5.41) is 4.41. The number of aromatic nitrogens is 2. The molecule has 0 aliphatic heterocycles. The van der Waals surface area contributed by atoms with Gasteiger partial charge in [0.15, 0.2) is 0 Å². The molecule has 0 N–H and O–H groups in total. The monoisotopic (exact) mass is 200 g/mol. The van der Waals surface area contributed by atoms with E-state index in [1.807, 2.05) is 17.9 Å². The molecule has 1 aromatic rings. The van der Waals surface area contributed by atoms with Gasteiger partial charge in [-0.2, -0.15) is 5.10 Å². The molecule has 1 rings (SSSR count). The zero-order valence-electron chi connectivity index (χ0n) is 8.50. The predicted molar refractivity (Wildman–Crippen MR) is 56.0 cm³/mol. The highest BCUT2D eigenvalue weighted by molar-refractivity contribution is 6.20. The lowest BCUT2D eigenvalue weighted by Gasteiger charge is -2.14. The molecule has 0 fully saturated rings. The fourth-order valence-electron chi connectivity index (χ4n) is 1.48. The van der Waals surface area contributed by atoms with Crippen LogP contribution in [0.5, 0.6) is 0 Å². The first-order chi connectivity index (χ1) is 6.13. The van der Waals surface area contributed by atoms with Crippen molar-refractivity contribution in [1.82, 2.24) is 9.78 Å². The van der Waals surface area contributed by atoms with E-state index in [1.54, 1.807) is 0 Å². The molecule has 0 bridgehead atoms. The van der Waals surface area contributed by atoms with Gasteiger partial charge in [0.05, 0.1) is 6.20 Å². The van der Waals surface area contributed by atoms with E-state index in [4.69, 9.17) is 11.6 Å². The Morgan fingerprint density at radius 1 is 1.62 bits per heavy atom. The maximum absolute atomic E-state index is 6.15. The summed E-state index contributed by atoms with van der Waals surface area (Å²) in [6, 6.07) is 0. The lowest BCUT2D eigenvalue weighted by atomic mass is 9.98. The summed E-state index contributed by atoms with van der Waals surface area (Å²) in [6.07, 6.45) is 6.02. The van der Waals surface area contributed by atoms with Crippen molar-refractivity contribution in [3.63, 3.8) is 0 Å². The van der Waals surface area contributed by atoms with Crippen molar-refractivity contribution in [2.24, 2.45) is 13.0 Å². The van der Waals surface area contributed by atoms with Gasteiger partial charge >= 0.3 is 0 Å². The smallest absolute Gasteiger partial charge is 0.0521 e. The summed E-state index contributed by atoms with van der Waals surface area (Å²) in [5.74, 6) is 0.524. The van der Waals surface area contributed by atoms with Crippen LogP contribution in [-0.2, 0) is 13.5 Å². The van der Waals surface area contributed by atoms with Crippen LogP contribution in [0.3, 0.4) is 0 Å². The Kier molecular flexibility index (Phi) is 3.79. The molecule has 3 heteroatoms. The number of aryl methyl sites for hydroxylation is 1. The Balaban J connectivity index is 2.49. The number of halogens is 1. The fraction of sp³-hybridized carbons (Fsp3) is 0.700. The van der Waals surface area contributed by atoms with Crippen molar-refractivity contribution < 1.29 is 0 Å². The second-order valence-electron chi connectivity index (χ2n) is 3.63. The lowest BCUT2D eigenvalue weighted by molar-refractivity contribution is 0.531. The molecule has 0 radical (unpaired) electrons. The van der Waals surface area contributed by atoms with Crippen LogP contribution in [0.2, 0.25) is 0 Å². The first-order valence-electron chi connectivity index (χ1n) is 4.75. The zero-order chi connectivity index (χ0) is 9.84. The van der Waals surface area contributed by atoms with Gasteiger partial charge in [-0.1, -0.05) is 13.8 Å². The van der Waals surface area contributed by atoms with Gasteiger partial charge in [0.1, 0.15) is 0 Å². The molecule has 13 heavy (non-hydrogen) atoms. The minimum atomic E-state index is 0.278. The highest BCUT2D eigenvalue weighted by atomic mass is 35.5. The van der Waals surface area contributed by atoms with E-state index in [9.17, 15) is 0 Å². The van der Waals surface area contributed by atoms with E-state index in [0.29, 0.717) is 5.92 Å². The van der Waals surface area contributed by atoms with E-state index in [1.165, 1.54) is 5.56 Å². The van der Waals surface area contributed by atoms with Gasteiger partial charge < -0.3 is 0 Å². The molecule has 2 unspecified atom stereocenters. The van der Waals surface area contributed by atoms with E-state index in [0.717, 1.165) is 12.8 Å². The minimum Gasteiger partial charge on any atom is -0.276 e. The highest BCUT2D eigenvalue weighted by Gasteiger charge is 2.13. The van der Waals surface area contributed by atoms with Crippen molar-refractivity contribution in [2.75, 3.05) is 0 Å². The van der Waals surface area contributed by atoms with E-state index >= 15 is 0 Å². The van der Waals surface area contributed by atoms with Crippen LogP contribution in [0.4, 0.5) is 0 Å². The maximum Gasteiger partial charge on any atom is 0.0521 e. The number of alkyl halides is 1. The summed E-state index contributed by atoms with van der Waals surface area (Å²) >= 11 is 6.15. The average Bonchev–Trinajstić information content (AvgIpc) is 2.49. The van der Waals surface area contributed by atoms with Crippen LogP contribution < -0.4 is 0 Å². The number of rotatable bonds is 4. The highest BCUT2D eigenvalue weighted by Crippen LogP contribution is 2.18. The van der Waals surface area contributed by atoms with Crippen LogP contribution >= 0.6 is 11.6 Å². The third-order valence-electron chi connectivity index (χ3n) is 2.32. The molecular formula is C10H17ClN2. The van der Waals surface area contributed by atoms with Gasteiger partial charge in [-0.05, 0) is 24.3 Å². The Hall–Kier alpha value is -0.500. The summed E-state index contributed by atoms with van der Waals surface area (Å²) < 4.78 is 1.83. The third-order valence-corrected chi connectivity index (χ3v) is 3.06. The van der Waals surface area contributed by atoms with Gasteiger partial charge in [-0.25, -0.2) is 0 Å². The zero-order valence-corrected chi connectivity index (χ0v) is 9.25. The molecule has 0 aromatic carbocycles. The minimum absolute atomic E-state index is 0.278. The molecule has 0 saturated carbocycles. The van der Waals surface area contributed by atoms with E-state index in [2.05, 4.69) is 25.1 Å². The molecule has 1 aromatic heterocycles. The van der Waals surface area contributed by atoms with Gasteiger partial charge in [0.25, 0.3) is 0 Å². The van der Waals surface area contributed by atoms with Crippen LogP contribution in [0.1, 0.15) is 25.8 Å². The van der Waals surface area contributed by atoms with Gasteiger partial charge in [-0.3, -0.25) is 4.68 Å². The summed E-state index contributed by atoms with van der Waals surface area (Å²) in [6.45, 7) is 4.31. The lowest BCUT2D eigenvalue weighted by Crippen LogP contribution is -2.12. The van der Waals surface area contributed by atoms with Crippen LogP contribution in [0.25, 0.3) is 0 Å². The van der Waals surface area contributed by atoms with Crippen molar-refractivity contribution >= 4 is 11.6 Å². The second kappa shape index (κ2) is 4.66. The van der Waals surface area contributed by atoms with Crippen molar-refractivity contribution in [1.29, 1.82) is 0 Å². The quantitative estimate of drug-likeness (QED) is 0.684. The van der Waals surface area contributed by atoms with E-state index < -0.39 is 0 Å². The molecule has 0 aliphatic rings. The normalized spacial score (nSPS) is 15.7. The Morgan fingerprint density at radius 2 is 2.31 bits per heavy atom.